The maximum Gasteiger partial charge on any atom is 0.359 e. The third-order valence-electron chi connectivity index (χ3n) is 4.54. The zero-order chi connectivity index (χ0) is 21.9. The highest BCUT2D eigenvalue weighted by atomic mass is 32.2. The summed E-state index contributed by atoms with van der Waals surface area (Å²) < 4.78 is 45.3. The number of esters is 1. The number of nitrogens with zero attached hydrogens (tertiary/aromatic N) is 4. The first-order valence-electron chi connectivity index (χ1n) is 8.93. The lowest BCUT2D eigenvalue weighted by atomic mass is 10.3. The number of ether oxygens (including phenoxy) is 1. The second-order valence-corrected chi connectivity index (χ2v) is 8.43. The van der Waals surface area contributed by atoms with Gasteiger partial charge in [-0.1, -0.05) is 0 Å². The predicted octanol–water partition coefficient (Wildman–Crippen LogP) is -0.391. The van der Waals surface area contributed by atoms with Crippen molar-refractivity contribution in [2.45, 2.75) is 4.90 Å². The van der Waals surface area contributed by atoms with Crippen LogP contribution < -0.4 is 5.56 Å². The number of hydrogen-bond acceptors (Lipinski definition) is 7. The van der Waals surface area contributed by atoms with E-state index >= 15 is 0 Å². The highest BCUT2D eigenvalue weighted by molar-refractivity contribution is 7.89. The summed E-state index contributed by atoms with van der Waals surface area (Å²) in [5.74, 6) is -1.87. The van der Waals surface area contributed by atoms with Crippen molar-refractivity contribution in [1.82, 2.24) is 19.0 Å². The summed E-state index contributed by atoms with van der Waals surface area (Å²) in [6, 6.07) is 6.88. The van der Waals surface area contributed by atoms with Crippen LogP contribution in [-0.4, -0.2) is 72.1 Å². The zero-order valence-electron chi connectivity index (χ0n) is 16.0. The third-order valence-corrected chi connectivity index (χ3v) is 6.45. The molecule has 1 aliphatic rings. The lowest BCUT2D eigenvalue weighted by molar-refractivity contribution is -0.135. The largest absolute Gasteiger partial charge is 0.451 e. The van der Waals surface area contributed by atoms with Crippen LogP contribution in [0, 0.1) is 5.82 Å². The van der Waals surface area contributed by atoms with Crippen LogP contribution in [0.5, 0.6) is 0 Å². The number of amides is 1. The minimum Gasteiger partial charge on any atom is -0.451 e. The molecule has 1 aromatic heterocycles. The van der Waals surface area contributed by atoms with Gasteiger partial charge in [-0.2, -0.15) is 9.40 Å². The molecule has 0 unspecified atom stereocenters. The number of aryl methyl sites for hydroxylation is 1. The van der Waals surface area contributed by atoms with E-state index in [1.807, 2.05) is 0 Å². The highest BCUT2D eigenvalue weighted by Crippen LogP contribution is 2.18. The number of carbonyl (C=O) groups is 2. The Labute approximate surface area is 171 Å². The van der Waals surface area contributed by atoms with Crippen LogP contribution >= 0.6 is 0 Å². The van der Waals surface area contributed by atoms with E-state index < -0.39 is 39.9 Å². The van der Waals surface area contributed by atoms with Gasteiger partial charge < -0.3 is 9.64 Å². The number of carbonyl (C=O) groups excluding carboxylic acids is 2. The molecule has 0 aliphatic carbocycles. The fourth-order valence-electron chi connectivity index (χ4n) is 2.84. The van der Waals surface area contributed by atoms with Gasteiger partial charge in [-0.05, 0) is 30.3 Å². The summed E-state index contributed by atoms with van der Waals surface area (Å²) in [4.78, 5) is 36.9. The van der Waals surface area contributed by atoms with Gasteiger partial charge in [-0.15, -0.1) is 0 Å². The molecule has 1 aliphatic heterocycles. The second-order valence-electron chi connectivity index (χ2n) is 6.50. The van der Waals surface area contributed by atoms with Crippen molar-refractivity contribution in [2.75, 3.05) is 32.8 Å². The molecule has 12 heteroatoms. The topological polar surface area (TPSA) is 119 Å². The van der Waals surface area contributed by atoms with Crippen molar-refractivity contribution in [1.29, 1.82) is 0 Å². The SMILES string of the molecule is Cn1nc(C(=O)OCC(=O)N2CCN(S(=O)(=O)c3ccc(F)cc3)CC2)ccc1=O. The van der Waals surface area contributed by atoms with E-state index in [-0.39, 0.29) is 36.8 Å². The average Bonchev–Trinajstić information content (AvgIpc) is 2.74. The standard InChI is InChI=1S/C18H19FN4O6S/c1-21-16(24)7-6-15(20-21)18(26)29-12-17(25)22-8-10-23(11-9-22)30(27,28)14-4-2-13(19)3-5-14/h2-7H,8-12H2,1H3. The molecule has 0 bridgehead atoms. The molecule has 1 amide bonds. The van der Waals surface area contributed by atoms with E-state index in [1.54, 1.807) is 0 Å². The lowest BCUT2D eigenvalue weighted by Crippen LogP contribution is -2.51. The molecule has 1 fully saturated rings. The smallest absolute Gasteiger partial charge is 0.359 e. The monoisotopic (exact) mass is 438 g/mol. The van der Waals surface area contributed by atoms with E-state index in [4.69, 9.17) is 4.74 Å². The number of hydrogen-bond donors (Lipinski definition) is 0. The quantitative estimate of drug-likeness (QED) is 0.583. The molecule has 160 valence electrons. The summed E-state index contributed by atoms with van der Waals surface area (Å²) in [7, 11) is -2.41. The van der Waals surface area contributed by atoms with E-state index in [1.165, 1.54) is 34.5 Å². The molecule has 0 N–H and O–H groups in total. The summed E-state index contributed by atoms with van der Waals surface area (Å²) in [6.45, 7) is -0.179. The third kappa shape index (κ3) is 4.71. The van der Waals surface area contributed by atoms with Gasteiger partial charge >= 0.3 is 5.97 Å². The van der Waals surface area contributed by atoms with Gasteiger partial charge in [0, 0.05) is 39.3 Å². The first-order chi connectivity index (χ1) is 14.2. The first kappa shape index (κ1) is 21.6. The average molecular weight is 438 g/mol. The maximum absolute atomic E-state index is 13.0. The number of rotatable bonds is 5. The second kappa shape index (κ2) is 8.71. The van der Waals surface area contributed by atoms with E-state index in [0.717, 1.165) is 22.9 Å². The van der Waals surface area contributed by atoms with E-state index in [2.05, 4.69) is 5.10 Å². The number of piperazine rings is 1. The van der Waals surface area contributed by atoms with Gasteiger partial charge in [0.2, 0.25) is 10.0 Å². The van der Waals surface area contributed by atoms with E-state index in [0.29, 0.717) is 0 Å². The van der Waals surface area contributed by atoms with Gasteiger partial charge in [0.15, 0.2) is 12.3 Å². The molecule has 0 atom stereocenters. The Balaban J connectivity index is 1.53. The van der Waals surface area contributed by atoms with Crippen LogP contribution in [-0.2, 0) is 26.6 Å². The Hall–Kier alpha value is -3.12. The Kier molecular flexibility index (Phi) is 6.27. The Morgan fingerprint density at radius 3 is 2.30 bits per heavy atom. The lowest BCUT2D eigenvalue weighted by Gasteiger charge is -2.33. The van der Waals surface area contributed by atoms with Gasteiger partial charge in [-0.25, -0.2) is 22.3 Å². The Bertz CT molecular complexity index is 1110. The molecule has 0 radical (unpaired) electrons. The van der Waals surface area contributed by atoms with Crippen molar-refractivity contribution in [3.05, 3.63) is 58.3 Å². The van der Waals surface area contributed by atoms with Gasteiger partial charge in [0.1, 0.15) is 5.82 Å². The number of halogens is 1. The molecular formula is C18H19FN4O6S. The predicted molar refractivity (Wildman–Crippen MR) is 101 cm³/mol. The molecule has 10 nitrogen and oxygen atoms in total. The highest BCUT2D eigenvalue weighted by Gasteiger charge is 2.30. The van der Waals surface area contributed by atoms with Crippen molar-refractivity contribution in [2.24, 2.45) is 7.05 Å². The molecule has 0 saturated carbocycles. The molecule has 2 heterocycles. The number of benzene rings is 1. The van der Waals surface area contributed by atoms with Crippen LogP contribution in [0.3, 0.4) is 0 Å². The minimum absolute atomic E-state index is 0.0256. The fraction of sp³-hybridized carbons (Fsp3) is 0.333. The number of aromatic nitrogens is 2. The molecule has 1 aromatic carbocycles. The van der Waals surface area contributed by atoms with Crippen LogP contribution in [0.25, 0.3) is 0 Å². The molecule has 1 saturated heterocycles. The molecular weight excluding hydrogens is 419 g/mol. The van der Waals surface area contributed by atoms with Crippen LogP contribution in [0.15, 0.2) is 46.1 Å². The van der Waals surface area contributed by atoms with Crippen molar-refractivity contribution in [3.8, 4) is 0 Å². The minimum atomic E-state index is -3.79. The Morgan fingerprint density at radius 2 is 1.70 bits per heavy atom. The molecule has 30 heavy (non-hydrogen) atoms. The molecule has 3 rings (SSSR count). The summed E-state index contributed by atoms with van der Waals surface area (Å²) in [6.07, 6.45) is 0. The van der Waals surface area contributed by atoms with Gasteiger partial charge in [0.05, 0.1) is 4.90 Å². The summed E-state index contributed by atoms with van der Waals surface area (Å²) >= 11 is 0. The summed E-state index contributed by atoms with van der Waals surface area (Å²) in [5, 5.41) is 3.74. The van der Waals surface area contributed by atoms with E-state index in [9.17, 15) is 27.2 Å². The fourth-order valence-corrected chi connectivity index (χ4v) is 4.26. The molecule has 2 aromatic rings. The van der Waals surface area contributed by atoms with Crippen molar-refractivity contribution < 1.29 is 27.1 Å². The van der Waals surface area contributed by atoms with Crippen LogP contribution in [0.4, 0.5) is 4.39 Å². The maximum atomic E-state index is 13.0. The van der Waals surface area contributed by atoms with Crippen LogP contribution in [0.1, 0.15) is 10.5 Å². The Morgan fingerprint density at radius 1 is 1.07 bits per heavy atom. The first-order valence-corrected chi connectivity index (χ1v) is 10.4. The normalized spacial score (nSPS) is 15.1. The summed E-state index contributed by atoms with van der Waals surface area (Å²) in [5.41, 5.74) is -0.504. The number of sulfonamides is 1. The zero-order valence-corrected chi connectivity index (χ0v) is 16.8. The van der Waals surface area contributed by atoms with Crippen molar-refractivity contribution in [3.63, 3.8) is 0 Å². The van der Waals surface area contributed by atoms with Crippen LogP contribution in [0.2, 0.25) is 0 Å². The van der Waals surface area contributed by atoms with Gasteiger partial charge in [-0.3, -0.25) is 9.59 Å². The van der Waals surface area contributed by atoms with Gasteiger partial charge in [0.25, 0.3) is 11.5 Å². The van der Waals surface area contributed by atoms with Crippen molar-refractivity contribution >= 4 is 21.9 Å². The molecule has 0 spiro atoms.